The van der Waals surface area contributed by atoms with Crippen molar-refractivity contribution in [1.29, 1.82) is 0 Å². The van der Waals surface area contributed by atoms with E-state index in [1.165, 1.54) is 26.4 Å². The molecule has 42 heavy (non-hydrogen) atoms. The number of aromatic hydroxyl groups is 1. The van der Waals surface area contributed by atoms with E-state index >= 15 is 4.39 Å². The van der Waals surface area contributed by atoms with Crippen LogP contribution in [0.25, 0.3) is 11.1 Å². The molecular weight excluding hydrogens is 530 g/mol. The van der Waals surface area contributed by atoms with Gasteiger partial charge in [0.15, 0.2) is 11.6 Å². The summed E-state index contributed by atoms with van der Waals surface area (Å²) in [6, 6.07) is 17.4. The average molecular weight is 575 g/mol. The van der Waals surface area contributed by atoms with Gasteiger partial charge in [-0.05, 0) is 139 Å². The molecule has 0 bridgehead atoms. The summed E-state index contributed by atoms with van der Waals surface area (Å²) in [4.78, 5) is 0. The average Bonchev–Trinajstić information content (AvgIpc) is 3.19. The Bertz CT molecular complexity index is 1370. The molecule has 0 unspecified atom stereocenters. The van der Waals surface area contributed by atoms with Crippen LogP contribution in [0.15, 0.2) is 54.6 Å². The first-order valence-electron chi connectivity index (χ1n) is 15.8. The number of rotatable bonds is 11. The Labute approximate surface area is 249 Å². The van der Waals surface area contributed by atoms with Crippen LogP contribution in [0.4, 0.5) is 8.78 Å². The fraction of sp³-hybridized carbons (Fsp3) is 0.459. The molecule has 3 nitrogen and oxygen atoms in total. The summed E-state index contributed by atoms with van der Waals surface area (Å²) >= 11 is 0. The molecule has 3 aromatic carbocycles. The maximum atomic E-state index is 15.1. The fourth-order valence-electron chi connectivity index (χ4n) is 6.83. The van der Waals surface area contributed by atoms with Crippen molar-refractivity contribution in [3.05, 3.63) is 88.2 Å². The molecule has 0 spiro atoms. The van der Waals surface area contributed by atoms with Crippen molar-refractivity contribution >= 4 is 11.1 Å². The maximum absolute atomic E-state index is 15.1. The molecule has 5 rings (SSSR count). The molecule has 0 heterocycles. The van der Waals surface area contributed by atoms with E-state index in [9.17, 15) is 9.50 Å². The zero-order valence-electron chi connectivity index (χ0n) is 25.1. The van der Waals surface area contributed by atoms with E-state index in [-0.39, 0.29) is 30.1 Å². The van der Waals surface area contributed by atoms with Crippen molar-refractivity contribution in [3.63, 3.8) is 0 Å². The highest BCUT2D eigenvalue weighted by Gasteiger charge is 2.25. The first-order chi connectivity index (χ1) is 20.5. The largest absolute Gasteiger partial charge is 0.508 e. The van der Waals surface area contributed by atoms with Gasteiger partial charge in [0.1, 0.15) is 11.5 Å². The van der Waals surface area contributed by atoms with Crippen LogP contribution in [0, 0.1) is 11.7 Å². The Morgan fingerprint density at radius 3 is 2.38 bits per heavy atom. The molecule has 2 aliphatic carbocycles. The molecule has 0 saturated heterocycles. The third-order valence-corrected chi connectivity index (χ3v) is 9.10. The van der Waals surface area contributed by atoms with Gasteiger partial charge >= 0.3 is 0 Å². The quantitative estimate of drug-likeness (QED) is 0.232. The number of phenolic OH excluding ortho intramolecular Hbond substituents is 1. The number of methoxy groups -OCH3 is 1. The van der Waals surface area contributed by atoms with E-state index in [0.717, 1.165) is 102 Å². The van der Waals surface area contributed by atoms with E-state index in [0.29, 0.717) is 6.42 Å². The van der Waals surface area contributed by atoms with Crippen molar-refractivity contribution in [1.82, 2.24) is 0 Å². The second kappa shape index (κ2) is 14.2. The number of halogens is 2. The van der Waals surface area contributed by atoms with Gasteiger partial charge in [0.2, 0.25) is 0 Å². The van der Waals surface area contributed by atoms with Crippen LogP contribution in [0.3, 0.4) is 0 Å². The van der Waals surface area contributed by atoms with Crippen molar-refractivity contribution in [2.75, 3.05) is 13.8 Å². The number of unbranched alkanes of at least 4 members (excludes halogenated alkanes) is 2. The van der Waals surface area contributed by atoms with Gasteiger partial charge in [0, 0.05) is 0 Å². The lowest BCUT2D eigenvalue weighted by atomic mass is 9.84. The standard InChI is InChI=1S/C37H44F2O3/c1-3-26-23-36(41-2)35(39)24-34(26)33-10-7-9-28-22-29(40)15-20-32(28)37(33)27-13-18-31(19-14-27)42-30-16-11-25(12-17-30)8-5-4-6-21-38/h13-15,18-20,22-25,30,40H,3-12,16-17,21H2,1-2H3. The minimum atomic E-state index is -0.357. The normalized spacial score (nSPS) is 18.9. The highest BCUT2D eigenvalue weighted by atomic mass is 19.1. The predicted molar refractivity (Wildman–Crippen MR) is 167 cm³/mol. The lowest BCUT2D eigenvalue weighted by Gasteiger charge is -2.29. The first-order valence-corrected chi connectivity index (χ1v) is 15.8. The number of allylic oxidation sites excluding steroid dienone is 1. The van der Waals surface area contributed by atoms with Gasteiger partial charge < -0.3 is 14.6 Å². The Balaban J connectivity index is 1.42. The minimum Gasteiger partial charge on any atom is -0.508 e. The molecule has 1 N–H and O–H groups in total. The Morgan fingerprint density at radius 1 is 0.881 bits per heavy atom. The Hall–Kier alpha value is -3.34. The Morgan fingerprint density at radius 2 is 1.67 bits per heavy atom. The molecule has 1 fully saturated rings. The lowest BCUT2D eigenvalue weighted by molar-refractivity contribution is 0.127. The van der Waals surface area contributed by atoms with Gasteiger partial charge in [-0.25, -0.2) is 4.39 Å². The number of phenols is 1. The number of hydrogen-bond donors (Lipinski definition) is 1. The second-order valence-electron chi connectivity index (χ2n) is 11.9. The highest BCUT2D eigenvalue weighted by molar-refractivity contribution is 6.00. The van der Waals surface area contributed by atoms with E-state index in [4.69, 9.17) is 9.47 Å². The maximum Gasteiger partial charge on any atom is 0.165 e. The number of ether oxygens (including phenoxy) is 2. The van der Waals surface area contributed by atoms with Gasteiger partial charge in [-0.3, -0.25) is 4.39 Å². The van der Waals surface area contributed by atoms with Crippen molar-refractivity contribution < 1.29 is 23.4 Å². The number of fused-ring (bicyclic) bond motifs is 1. The summed E-state index contributed by atoms with van der Waals surface area (Å²) in [5.41, 5.74) is 7.43. The third-order valence-electron chi connectivity index (χ3n) is 9.10. The van der Waals surface area contributed by atoms with Gasteiger partial charge in [-0.1, -0.05) is 44.4 Å². The van der Waals surface area contributed by atoms with Crippen LogP contribution in [0.1, 0.15) is 98.9 Å². The molecule has 0 amide bonds. The molecule has 0 aromatic heterocycles. The summed E-state index contributed by atoms with van der Waals surface area (Å²) in [6.07, 6.45) is 12.0. The van der Waals surface area contributed by atoms with Gasteiger partial charge in [0.25, 0.3) is 0 Å². The SMILES string of the molecule is CCc1cc(OC)c(F)cc1C1=C(c2ccc(OC3CCC(CCCCCF)CC3)cc2)c2ccc(O)cc2CCC1. The summed E-state index contributed by atoms with van der Waals surface area (Å²) in [7, 11) is 1.50. The van der Waals surface area contributed by atoms with E-state index in [1.54, 1.807) is 12.1 Å². The van der Waals surface area contributed by atoms with E-state index in [1.807, 2.05) is 18.2 Å². The molecule has 3 aromatic rings. The van der Waals surface area contributed by atoms with Crippen LogP contribution in [0.5, 0.6) is 17.2 Å². The van der Waals surface area contributed by atoms with Crippen molar-refractivity contribution in [2.45, 2.75) is 90.1 Å². The van der Waals surface area contributed by atoms with Crippen molar-refractivity contribution in [2.24, 2.45) is 5.92 Å². The van der Waals surface area contributed by atoms with Gasteiger partial charge in [-0.15, -0.1) is 0 Å². The molecule has 224 valence electrons. The van der Waals surface area contributed by atoms with E-state index in [2.05, 4.69) is 31.2 Å². The zero-order valence-corrected chi connectivity index (χ0v) is 25.1. The fourth-order valence-corrected chi connectivity index (χ4v) is 6.83. The molecule has 0 radical (unpaired) electrons. The van der Waals surface area contributed by atoms with Crippen LogP contribution < -0.4 is 9.47 Å². The zero-order chi connectivity index (χ0) is 29.5. The second-order valence-corrected chi connectivity index (χ2v) is 11.9. The smallest absolute Gasteiger partial charge is 0.165 e. The van der Waals surface area contributed by atoms with E-state index < -0.39 is 0 Å². The number of alkyl halides is 1. The highest BCUT2D eigenvalue weighted by Crippen LogP contribution is 2.43. The summed E-state index contributed by atoms with van der Waals surface area (Å²) in [5.74, 6) is 1.79. The van der Waals surface area contributed by atoms with Crippen molar-refractivity contribution in [3.8, 4) is 17.2 Å². The number of aryl methyl sites for hydroxylation is 2. The van der Waals surface area contributed by atoms with Crippen LogP contribution >= 0.6 is 0 Å². The molecule has 1 saturated carbocycles. The molecule has 5 heteroatoms. The molecule has 0 aliphatic heterocycles. The predicted octanol–water partition coefficient (Wildman–Crippen LogP) is 9.87. The van der Waals surface area contributed by atoms with Gasteiger partial charge in [0.05, 0.1) is 19.9 Å². The lowest BCUT2D eigenvalue weighted by Crippen LogP contribution is -2.24. The summed E-state index contributed by atoms with van der Waals surface area (Å²) < 4.78 is 39.2. The summed E-state index contributed by atoms with van der Waals surface area (Å²) in [6.45, 7) is 1.89. The van der Waals surface area contributed by atoms with Crippen LogP contribution in [-0.4, -0.2) is 25.0 Å². The first kappa shape index (κ1) is 30.1. The van der Waals surface area contributed by atoms with Gasteiger partial charge in [-0.2, -0.15) is 0 Å². The Kier molecular flexibility index (Phi) is 10.2. The number of hydrogen-bond acceptors (Lipinski definition) is 3. The molecular formula is C37H44F2O3. The summed E-state index contributed by atoms with van der Waals surface area (Å²) in [5, 5.41) is 10.3. The topological polar surface area (TPSA) is 38.7 Å². The minimum absolute atomic E-state index is 0.201. The van der Waals surface area contributed by atoms with Crippen LogP contribution in [0.2, 0.25) is 0 Å². The third kappa shape index (κ3) is 6.99. The number of benzene rings is 3. The molecule has 2 aliphatic rings. The van der Waals surface area contributed by atoms with Crippen LogP contribution in [-0.2, 0) is 12.8 Å². The monoisotopic (exact) mass is 574 g/mol. The molecule has 0 atom stereocenters.